The minimum Gasteiger partial charge on any atom is -0.481 e. The van der Waals surface area contributed by atoms with Crippen LogP contribution in [0.15, 0.2) is 0 Å². The van der Waals surface area contributed by atoms with E-state index in [1.807, 2.05) is 16.7 Å². The van der Waals surface area contributed by atoms with Crippen LogP contribution in [0, 0.1) is 0 Å². The summed E-state index contributed by atoms with van der Waals surface area (Å²) in [7, 11) is 0. The Morgan fingerprint density at radius 1 is 1.25 bits per heavy atom. The lowest BCUT2D eigenvalue weighted by molar-refractivity contribution is -0.137. The van der Waals surface area contributed by atoms with Crippen molar-refractivity contribution in [1.82, 2.24) is 4.90 Å². The third-order valence-corrected chi connectivity index (χ3v) is 3.78. The Kier molecular flexibility index (Phi) is 5.12. The smallest absolute Gasteiger partial charge is 0.303 e. The predicted molar refractivity (Wildman–Crippen MR) is 64.6 cm³/mol. The first kappa shape index (κ1) is 13.4. The molecule has 1 aliphatic rings. The number of nitrogens with zero attached hydrogens (tertiary/aromatic N) is 1. The van der Waals surface area contributed by atoms with Gasteiger partial charge in [0.25, 0.3) is 0 Å². The van der Waals surface area contributed by atoms with Gasteiger partial charge >= 0.3 is 5.97 Å². The minimum atomic E-state index is -0.830. The summed E-state index contributed by atoms with van der Waals surface area (Å²) in [4.78, 5) is 24.0. The monoisotopic (exact) mass is 245 g/mol. The topological polar surface area (TPSA) is 57.6 Å². The van der Waals surface area contributed by atoms with E-state index in [2.05, 4.69) is 13.8 Å². The number of hydrogen-bond acceptors (Lipinski definition) is 3. The first-order valence-electron chi connectivity index (χ1n) is 5.64. The third kappa shape index (κ3) is 4.43. The number of thioether (sulfide) groups is 1. The lowest BCUT2D eigenvalue weighted by Crippen LogP contribution is -2.43. The molecule has 1 amide bonds. The predicted octanol–water partition coefficient (Wildman–Crippen LogP) is 1.59. The molecule has 2 atom stereocenters. The van der Waals surface area contributed by atoms with Gasteiger partial charge in [-0.1, -0.05) is 13.8 Å². The maximum atomic E-state index is 11.8. The minimum absolute atomic E-state index is 0.0828. The molecule has 0 saturated carbocycles. The Balaban J connectivity index is 2.32. The normalized spacial score (nSPS) is 25.5. The highest BCUT2D eigenvalue weighted by molar-refractivity contribution is 8.00. The SMILES string of the molecule is CC1CN(C(=O)CCCC(=O)O)CC(C)S1. The lowest BCUT2D eigenvalue weighted by atomic mass is 10.2. The molecule has 0 aromatic carbocycles. The number of amides is 1. The molecule has 4 nitrogen and oxygen atoms in total. The standard InChI is InChI=1S/C11H19NO3S/c1-8-6-12(7-9(2)16-8)10(13)4-3-5-11(14)15/h8-9H,3-7H2,1-2H3,(H,14,15). The zero-order valence-corrected chi connectivity index (χ0v) is 10.6. The van der Waals surface area contributed by atoms with Crippen molar-refractivity contribution in [2.24, 2.45) is 0 Å². The van der Waals surface area contributed by atoms with E-state index in [4.69, 9.17) is 5.11 Å². The summed E-state index contributed by atoms with van der Waals surface area (Å²) in [5.41, 5.74) is 0. The fraction of sp³-hybridized carbons (Fsp3) is 0.818. The molecule has 1 aliphatic heterocycles. The highest BCUT2D eigenvalue weighted by Gasteiger charge is 2.25. The van der Waals surface area contributed by atoms with Gasteiger partial charge in [0, 0.05) is 36.4 Å². The van der Waals surface area contributed by atoms with E-state index >= 15 is 0 Å². The molecule has 2 unspecified atom stereocenters. The van der Waals surface area contributed by atoms with Crippen molar-refractivity contribution in [3.8, 4) is 0 Å². The van der Waals surface area contributed by atoms with Crippen molar-refractivity contribution < 1.29 is 14.7 Å². The second kappa shape index (κ2) is 6.13. The van der Waals surface area contributed by atoms with Crippen molar-refractivity contribution in [2.75, 3.05) is 13.1 Å². The van der Waals surface area contributed by atoms with Crippen molar-refractivity contribution in [2.45, 2.75) is 43.6 Å². The van der Waals surface area contributed by atoms with Crippen LogP contribution in [-0.4, -0.2) is 45.5 Å². The van der Waals surface area contributed by atoms with E-state index in [1.54, 1.807) is 0 Å². The van der Waals surface area contributed by atoms with Gasteiger partial charge < -0.3 is 10.0 Å². The lowest BCUT2D eigenvalue weighted by Gasteiger charge is -2.34. The largest absolute Gasteiger partial charge is 0.481 e. The van der Waals surface area contributed by atoms with Crippen molar-refractivity contribution in [1.29, 1.82) is 0 Å². The fourth-order valence-electron chi connectivity index (χ4n) is 1.93. The Hall–Kier alpha value is -0.710. The molecule has 1 rings (SSSR count). The summed E-state index contributed by atoms with van der Waals surface area (Å²) in [5.74, 6) is -0.732. The first-order chi connectivity index (χ1) is 7.49. The van der Waals surface area contributed by atoms with Crippen molar-refractivity contribution in [3.63, 3.8) is 0 Å². The quantitative estimate of drug-likeness (QED) is 0.817. The summed E-state index contributed by atoms with van der Waals surface area (Å²) in [6.07, 6.45) is 0.885. The number of carbonyl (C=O) groups is 2. The van der Waals surface area contributed by atoms with Gasteiger partial charge in [0.15, 0.2) is 0 Å². The highest BCUT2D eigenvalue weighted by atomic mass is 32.2. The van der Waals surface area contributed by atoms with Crippen LogP contribution < -0.4 is 0 Å². The zero-order valence-electron chi connectivity index (χ0n) is 9.81. The summed E-state index contributed by atoms with van der Waals surface area (Å²) < 4.78 is 0. The highest BCUT2D eigenvalue weighted by Crippen LogP contribution is 2.25. The van der Waals surface area contributed by atoms with Gasteiger partial charge in [-0.25, -0.2) is 0 Å². The Morgan fingerprint density at radius 2 is 1.81 bits per heavy atom. The Labute approximate surface area is 100 Å². The van der Waals surface area contributed by atoms with E-state index in [-0.39, 0.29) is 12.3 Å². The van der Waals surface area contributed by atoms with E-state index in [1.165, 1.54) is 0 Å². The molecule has 92 valence electrons. The molecule has 1 fully saturated rings. The van der Waals surface area contributed by atoms with Crippen LogP contribution >= 0.6 is 11.8 Å². The molecule has 1 N–H and O–H groups in total. The van der Waals surface area contributed by atoms with Crippen LogP contribution in [0.4, 0.5) is 0 Å². The fourth-order valence-corrected chi connectivity index (χ4v) is 3.26. The van der Waals surface area contributed by atoms with Crippen molar-refractivity contribution >= 4 is 23.6 Å². The summed E-state index contributed by atoms with van der Waals surface area (Å²) >= 11 is 1.90. The molecule has 0 radical (unpaired) electrons. The maximum absolute atomic E-state index is 11.8. The van der Waals surface area contributed by atoms with Crippen LogP contribution in [0.1, 0.15) is 33.1 Å². The van der Waals surface area contributed by atoms with Crippen molar-refractivity contribution in [3.05, 3.63) is 0 Å². The second-order valence-corrected chi connectivity index (χ2v) is 6.18. The molecule has 5 heteroatoms. The molecular formula is C11H19NO3S. The summed E-state index contributed by atoms with van der Waals surface area (Å²) in [6, 6.07) is 0. The molecule has 0 bridgehead atoms. The zero-order chi connectivity index (χ0) is 12.1. The van der Waals surface area contributed by atoms with Gasteiger partial charge in [-0.15, -0.1) is 0 Å². The molecule has 0 spiro atoms. The summed E-state index contributed by atoms with van der Waals surface area (Å²) in [6.45, 7) is 5.83. The van der Waals surface area contributed by atoms with E-state index in [0.29, 0.717) is 23.3 Å². The van der Waals surface area contributed by atoms with Crippen LogP contribution in [-0.2, 0) is 9.59 Å². The Bertz CT molecular complexity index is 260. The van der Waals surface area contributed by atoms with Gasteiger partial charge in [-0.2, -0.15) is 11.8 Å². The van der Waals surface area contributed by atoms with Crippen LogP contribution in [0.25, 0.3) is 0 Å². The number of aliphatic carboxylic acids is 1. The van der Waals surface area contributed by atoms with Gasteiger partial charge in [0.2, 0.25) is 5.91 Å². The molecular weight excluding hydrogens is 226 g/mol. The van der Waals surface area contributed by atoms with Gasteiger partial charge in [0.1, 0.15) is 0 Å². The number of rotatable bonds is 4. The number of carboxylic acid groups (broad SMARTS) is 1. The number of carboxylic acids is 1. The van der Waals surface area contributed by atoms with Gasteiger partial charge in [0.05, 0.1) is 0 Å². The molecule has 16 heavy (non-hydrogen) atoms. The maximum Gasteiger partial charge on any atom is 0.303 e. The van der Waals surface area contributed by atoms with Crippen LogP contribution in [0.5, 0.6) is 0 Å². The number of hydrogen-bond donors (Lipinski definition) is 1. The molecule has 0 aromatic rings. The number of carbonyl (C=O) groups excluding carboxylic acids is 1. The van der Waals surface area contributed by atoms with Crippen LogP contribution in [0.3, 0.4) is 0 Å². The summed E-state index contributed by atoms with van der Waals surface area (Å²) in [5, 5.41) is 9.45. The van der Waals surface area contributed by atoms with E-state index in [9.17, 15) is 9.59 Å². The van der Waals surface area contributed by atoms with Gasteiger partial charge in [-0.3, -0.25) is 9.59 Å². The third-order valence-electron chi connectivity index (χ3n) is 2.55. The van der Waals surface area contributed by atoms with Gasteiger partial charge in [-0.05, 0) is 6.42 Å². The van der Waals surface area contributed by atoms with E-state index in [0.717, 1.165) is 13.1 Å². The molecule has 0 aromatic heterocycles. The molecule has 1 saturated heterocycles. The Morgan fingerprint density at radius 3 is 2.31 bits per heavy atom. The first-order valence-corrected chi connectivity index (χ1v) is 6.58. The molecule has 1 heterocycles. The average molecular weight is 245 g/mol. The average Bonchev–Trinajstić information content (AvgIpc) is 2.15. The van der Waals surface area contributed by atoms with E-state index < -0.39 is 5.97 Å². The molecule has 0 aliphatic carbocycles. The van der Waals surface area contributed by atoms with Crippen LogP contribution in [0.2, 0.25) is 0 Å². The second-order valence-electron chi connectivity index (χ2n) is 4.30.